The normalized spacial score (nSPS) is 32.4. The monoisotopic (exact) mass is 252 g/mol. The number of hydrogen-bond acceptors (Lipinski definition) is 2. The lowest BCUT2D eigenvalue weighted by molar-refractivity contribution is -0.127. The Morgan fingerprint density at radius 1 is 1.33 bits per heavy atom. The zero-order chi connectivity index (χ0) is 13.0. The first-order chi connectivity index (χ1) is 8.74. The summed E-state index contributed by atoms with van der Waals surface area (Å²) in [5.41, 5.74) is 0. The number of hydrogen-bond donors (Lipinski definition) is 1. The van der Waals surface area contributed by atoms with Crippen LogP contribution in [0.4, 0.5) is 0 Å². The Kier molecular flexibility index (Phi) is 5.04. The Morgan fingerprint density at radius 3 is 2.89 bits per heavy atom. The van der Waals surface area contributed by atoms with Gasteiger partial charge in [-0.1, -0.05) is 19.8 Å². The highest BCUT2D eigenvalue weighted by atomic mass is 16.2. The van der Waals surface area contributed by atoms with E-state index in [4.69, 9.17) is 0 Å². The van der Waals surface area contributed by atoms with Gasteiger partial charge in [0.05, 0.1) is 0 Å². The Hall–Kier alpha value is -0.570. The summed E-state index contributed by atoms with van der Waals surface area (Å²) in [5.74, 6) is 1.81. The number of rotatable bonds is 6. The second kappa shape index (κ2) is 6.55. The van der Waals surface area contributed by atoms with Crippen molar-refractivity contribution in [3.63, 3.8) is 0 Å². The van der Waals surface area contributed by atoms with Crippen LogP contribution < -0.4 is 5.32 Å². The van der Waals surface area contributed by atoms with Gasteiger partial charge in [-0.3, -0.25) is 4.79 Å². The van der Waals surface area contributed by atoms with Gasteiger partial charge in [-0.15, -0.1) is 0 Å². The van der Waals surface area contributed by atoms with Crippen molar-refractivity contribution in [3.05, 3.63) is 0 Å². The molecule has 0 spiro atoms. The quantitative estimate of drug-likeness (QED) is 0.787. The first kappa shape index (κ1) is 13.9. The van der Waals surface area contributed by atoms with E-state index >= 15 is 0 Å². The second-order valence-corrected chi connectivity index (χ2v) is 6.07. The largest absolute Gasteiger partial charge is 0.342 e. The Balaban J connectivity index is 1.75. The molecule has 0 aromatic rings. The summed E-state index contributed by atoms with van der Waals surface area (Å²) in [6.07, 6.45) is 8.41. The Labute approximate surface area is 111 Å². The molecule has 1 saturated carbocycles. The molecule has 1 aliphatic carbocycles. The van der Waals surface area contributed by atoms with E-state index in [9.17, 15) is 4.79 Å². The van der Waals surface area contributed by atoms with E-state index < -0.39 is 0 Å². The van der Waals surface area contributed by atoms with Crippen molar-refractivity contribution >= 4 is 5.91 Å². The predicted molar refractivity (Wildman–Crippen MR) is 74.4 cm³/mol. The van der Waals surface area contributed by atoms with Crippen LogP contribution in [0.5, 0.6) is 0 Å². The molecule has 0 radical (unpaired) electrons. The van der Waals surface area contributed by atoms with E-state index in [0.29, 0.717) is 17.9 Å². The smallest absolute Gasteiger partial charge is 0.222 e. The summed E-state index contributed by atoms with van der Waals surface area (Å²) in [5, 5.41) is 3.43. The summed E-state index contributed by atoms with van der Waals surface area (Å²) in [4.78, 5) is 14.0. The first-order valence-electron chi connectivity index (χ1n) is 7.69. The van der Waals surface area contributed by atoms with Crippen LogP contribution >= 0.6 is 0 Å². The van der Waals surface area contributed by atoms with Gasteiger partial charge in [0.15, 0.2) is 0 Å². The van der Waals surface area contributed by atoms with Gasteiger partial charge in [-0.2, -0.15) is 0 Å². The van der Waals surface area contributed by atoms with E-state index in [1.807, 2.05) is 0 Å². The molecule has 1 aliphatic heterocycles. The van der Waals surface area contributed by atoms with Crippen molar-refractivity contribution in [2.24, 2.45) is 11.8 Å². The van der Waals surface area contributed by atoms with E-state index in [0.717, 1.165) is 25.4 Å². The molecule has 104 valence electrons. The van der Waals surface area contributed by atoms with Crippen LogP contribution in [0.1, 0.15) is 51.9 Å². The second-order valence-electron chi connectivity index (χ2n) is 6.07. The van der Waals surface area contributed by atoms with Crippen LogP contribution in [0.15, 0.2) is 0 Å². The highest BCUT2D eigenvalue weighted by Gasteiger charge is 2.31. The van der Waals surface area contributed by atoms with Crippen LogP contribution in [0.25, 0.3) is 0 Å². The molecular formula is C15H28N2O. The molecule has 1 saturated heterocycles. The third-order valence-electron chi connectivity index (χ3n) is 4.79. The average molecular weight is 252 g/mol. The van der Waals surface area contributed by atoms with Crippen molar-refractivity contribution < 1.29 is 4.79 Å². The van der Waals surface area contributed by atoms with Crippen molar-refractivity contribution in [2.45, 2.75) is 57.9 Å². The molecule has 1 amide bonds. The fourth-order valence-electron chi connectivity index (χ4n) is 3.76. The fraction of sp³-hybridized carbons (Fsp3) is 0.933. The summed E-state index contributed by atoms with van der Waals surface area (Å²) < 4.78 is 0. The molecule has 0 aromatic heterocycles. The minimum absolute atomic E-state index is 0.396. The van der Waals surface area contributed by atoms with Crippen molar-refractivity contribution in [1.82, 2.24) is 10.2 Å². The van der Waals surface area contributed by atoms with Gasteiger partial charge in [0.25, 0.3) is 0 Å². The summed E-state index contributed by atoms with van der Waals surface area (Å²) in [6, 6.07) is 0.689. The van der Waals surface area contributed by atoms with E-state index in [-0.39, 0.29) is 0 Å². The van der Waals surface area contributed by atoms with Gasteiger partial charge in [0.2, 0.25) is 5.91 Å². The zero-order valence-corrected chi connectivity index (χ0v) is 12.0. The molecule has 0 bridgehead atoms. The maximum atomic E-state index is 11.9. The lowest BCUT2D eigenvalue weighted by atomic mass is 9.99. The number of carbonyl (C=O) groups is 1. The highest BCUT2D eigenvalue weighted by Crippen LogP contribution is 2.29. The Morgan fingerprint density at radius 2 is 2.17 bits per heavy atom. The maximum Gasteiger partial charge on any atom is 0.222 e. The van der Waals surface area contributed by atoms with E-state index in [1.54, 1.807) is 0 Å². The Bertz CT molecular complexity index is 280. The maximum absolute atomic E-state index is 11.9. The lowest BCUT2D eigenvalue weighted by Gasteiger charge is -2.23. The van der Waals surface area contributed by atoms with Gasteiger partial charge in [-0.25, -0.2) is 0 Å². The topological polar surface area (TPSA) is 32.3 Å². The number of amides is 1. The van der Waals surface area contributed by atoms with Crippen LogP contribution in [-0.2, 0) is 4.79 Å². The number of carbonyl (C=O) groups excluding carboxylic acids is 1. The zero-order valence-electron chi connectivity index (χ0n) is 12.0. The van der Waals surface area contributed by atoms with Crippen molar-refractivity contribution in [1.29, 1.82) is 0 Å². The molecule has 0 aromatic carbocycles. The number of nitrogens with one attached hydrogen (secondary N) is 1. The number of nitrogens with zero attached hydrogens (tertiary/aromatic N) is 1. The van der Waals surface area contributed by atoms with Crippen molar-refractivity contribution in [3.8, 4) is 0 Å². The third kappa shape index (κ3) is 3.25. The van der Waals surface area contributed by atoms with Crippen LogP contribution in [0, 0.1) is 11.8 Å². The minimum Gasteiger partial charge on any atom is -0.342 e. The van der Waals surface area contributed by atoms with Gasteiger partial charge in [0, 0.05) is 25.6 Å². The third-order valence-corrected chi connectivity index (χ3v) is 4.79. The van der Waals surface area contributed by atoms with Crippen LogP contribution in [-0.4, -0.2) is 37.0 Å². The van der Waals surface area contributed by atoms with Gasteiger partial charge in [0.1, 0.15) is 0 Å². The highest BCUT2D eigenvalue weighted by molar-refractivity contribution is 5.78. The van der Waals surface area contributed by atoms with Gasteiger partial charge >= 0.3 is 0 Å². The summed E-state index contributed by atoms with van der Waals surface area (Å²) in [6.45, 7) is 4.22. The standard InChI is InChI=1S/C15H28N2O/c1-3-5-12-10-15(18)17(11-12)9-8-13-6-4-7-14(13)16-2/h12-14,16H,3-11H2,1-2H3. The molecule has 1 heterocycles. The lowest BCUT2D eigenvalue weighted by Crippen LogP contribution is -2.33. The van der Waals surface area contributed by atoms with Gasteiger partial charge < -0.3 is 10.2 Å². The van der Waals surface area contributed by atoms with Crippen molar-refractivity contribution in [2.75, 3.05) is 20.1 Å². The SMILES string of the molecule is CCCC1CC(=O)N(CCC2CCCC2NC)C1. The van der Waals surface area contributed by atoms with Crippen LogP contribution in [0.3, 0.4) is 0 Å². The molecule has 3 nitrogen and oxygen atoms in total. The molecule has 3 unspecified atom stereocenters. The molecule has 1 N–H and O–H groups in total. The molecule has 3 atom stereocenters. The minimum atomic E-state index is 0.396. The van der Waals surface area contributed by atoms with Crippen LogP contribution in [0.2, 0.25) is 0 Å². The van der Waals surface area contributed by atoms with E-state index in [2.05, 4.69) is 24.2 Å². The first-order valence-corrected chi connectivity index (χ1v) is 7.69. The van der Waals surface area contributed by atoms with Gasteiger partial charge in [-0.05, 0) is 44.6 Å². The molecular weight excluding hydrogens is 224 g/mol. The predicted octanol–water partition coefficient (Wildman–Crippen LogP) is 2.41. The molecule has 18 heavy (non-hydrogen) atoms. The summed E-state index contributed by atoms with van der Waals surface area (Å²) >= 11 is 0. The summed E-state index contributed by atoms with van der Waals surface area (Å²) in [7, 11) is 2.07. The number of likely N-dealkylation sites (tertiary alicyclic amines) is 1. The average Bonchev–Trinajstić information content (AvgIpc) is 2.93. The molecule has 2 fully saturated rings. The molecule has 2 rings (SSSR count). The van der Waals surface area contributed by atoms with E-state index in [1.165, 1.54) is 38.5 Å². The molecule has 3 heteroatoms. The molecule has 2 aliphatic rings. The fourth-order valence-corrected chi connectivity index (χ4v) is 3.76.